The summed E-state index contributed by atoms with van der Waals surface area (Å²) in [6.45, 7) is 3.48. The van der Waals surface area contributed by atoms with Crippen LogP contribution in [0.4, 0.5) is 4.39 Å². The van der Waals surface area contributed by atoms with E-state index in [1.807, 2.05) is 25.1 Å². The number of ether oxygens (including phenoxy) is 1. The minimum atomic E-state index is -0.399. The van der Waals surface area contributed by atoms with Crippen LogP contribution >= 0.6 is 0 Å². The first-order chi connectivity index (χ1) is 12.7. The molecule has 5 nitrogen and oxygen atoms in total. The number of aliphatic hydroxyl groups is 1. The normalized spacial score (nSPS) is 16.6. The van der Waals surface area contributed by atoms with Crippen molar-refractivity contribution < 1.29 is 14.2 Å². The van der Waals surface area contributed by atoms with Crippen molar-refractivity contribution in [2.24, 2.45) is 4.99 Å². The highest BCUT2D eigenvalue weighted by Crippen LogP contribution is 2.31. The lowest BCUT2D eigenvalue weighted by Crippen LogP contribution is -2.41. The lowest BCUT2D eigenvalue weighted by Gasteiger charge is -2.28. The lowest BCUT2D eigenvalue weighted by molar-refractivity contribution is 0.261. The SMILES string of the molecule is CCNC(=NCc1ccc(F)c(CO)c1)NC1CCOc2ccccc21. The summed E-state index contributed by atoms with van der Waals surface area (Å²) in [7, 11) is 0. The molecule has 3 N–H and O–H groups in total. The molecule has 1 aliphatic heterocycles. The maximum absolute atomic E-state index is 13.5. The molecule has 0 amide bonds. The molecule has 0 fully saturated rings. The van der Waals surface area contributed by atoms with Crippen molar-refractivity contribution in [1.29, 1.82) is 0 Å². The Bertz CT molecular complexity index is 779. The average Bonchev–Trinajstić information content (AvgIpc) is 2.67. The van der Waals surface area contributed by atoms with Crippen molar-refractivity contribution in [3.05, 3.63) is 65.0 Å². The van der Waals surface area contributed by atoms with Crippen LogP contribution in [0.25, 0.3) is 0 Å². The molecule has 0 saturated carbocycles. The zero-order valence-electron chi connectivity index (χ0n) is 14.8. The van der Waals surface area contributed by atoms with Crippen LogP contribution in [0.15, 0.2) is 47.5 Å². The standard InChI is InChI=1S/C20H24FN3O2/c1-2-22-20(23-12-14-7-8-17(21)15(11-14)13-25)24-18-9-10-26-19-6-4-3-5-16(18)19/h3-8,11,18,25H,2,9-10,12-13H2,1H3,(H2,22,23,24). The van der Waals surface area contributed by atoms with Crippen molar-refractivity contribution in [3.8, 4) is 5.75 Å². The molecule has 26 heavy (non-hydrogen) atoms. The molecule has 1 aliphatic rings. The van der Waals surface area contributed by atoms with Crippen LogP contribution in [0.3, 0.4) is 0 Å². The Hall–Kier alpha value is -2.60. The highest BCUT2D eigenvalue weighted by molar-refractivity contribution is 5.80. The molecule has 1 atom stereocenters. The smallest absolute Gasteiger partial charge is 0.192 e. The predicted octanol–water partition coefficient (Wildman–Crippen LogP) is 2.90. The molecule has 0 aromatic heterocycles. The van der Waals surface area contributed by atoms with Gasteiger partial charge in [0.25, 0.3) is 0 Å². The Morgan fingerprint density at radius 1 is 1.31 bits per heavy atom. The summed E-state index contributed by atoms with van der Waals surface area (Å²) in [4.78, 5) is 4.61. The number of hydrogen-bond acceptors (Lipinski definition) is 3. The fourth-order valence-corrected chi connectivity index (χ4v) is 3.00. The first kappa shape index (κ1) is 18.2. The molecule has 3 rings (SSSR count). The topological polar surface area (TPSA) is 65.9 Å². The number of nitrogens with one attached hydrogen (secondary N) is 2. The molecule has 0 spiro atoms. The van der Waals surface area contributed by atoms with E-state index in [0.717, 1.165) is 29.8 Å². The van der Waals surface area contributed by atoms with E-state index in [2.05, 4.69) is 21.7 Å². The highest BCUT2D eigenvalue weighted by Gasteiger charge is 2.21. The summed E-state index contributed by atoms with van der Waals surface area (Å²) in [6.07, 6.45) is 0.854. The van der Waals surface area contributed by atoms with Gasteiger partial charge in [-0.1, -0.05) is 24.3 Å². The zero-order valence-corrected chi connectivity index (χ0v) is 14.8. The quantitative estimate of drug-likeness (QED) is 0.569. The Morgan fingerprint density at radius 2 is 2.15 bits per heavy atom. The van der Waals surface area contributed by atoms with E-state index in [9.17, 15) is 9.50 Å². The summed E-state index contributed by atoms with van der Waals surface area (Å²) in [5.74, 6) is 1.20. The van der Waals surface area contributed by atoms with E-state index in [4.69, 9.17) is 4.74 Å². The van der Waals surface area contributed by atoms with Crippen LogP contribution in [-0.4, -0.2) is 24.2 Å². The Balaban J connectivity index is 1.74. The average molecular weight is 357 g/mol. The Labute approximate surface area is 152 Å². The van der Waals surface area contributed by atoms with Crippen molar-refractivity contribution in [2.75, 3.05) is 13.2 Å². The summed E-state index contributed by atoms with van der Waals surface area (Å²) in [6, 6.07) is 12.8. The first-order valence-electron chi connectivity index (χ1n) is 8.86. The van der Waals surface area contributed by atoms with E-state index in [0.29, 0.717) is 19.1 Å². The summed E-state index contributed by atoms with van der Waals surface area (Å²) in [5, 5.41) is 15.9. The van der Waals surface area contributed by atoms with Gasteiger partial charge in [-0.2, -0.15) is 0 Å². The number of hydrogen-bond donors (Lipinski definition) is 3. The minimum Gasteiger partial charge on any atom is -0.493 e. The number of rotatable bonds is 5. The van der Waals surface area contributed by atoms with Crippen LogP contribution < -0.4 is 15.4 Å². The number of halogens is 1. The molecule has 0 saturated heterocycles. The number of aliphatic imine (C=N–C) groups is 1. The monoisotopic (exact) mass is 357 g/mol. The molecule has 138 valence electrons. The third-order valence-corrected chi connectivity index (χ3v) is 4.31. The number of fused-ring (bicyclic) bond motifs is 1. The van der Waals surface area contributed by atoms with Crippen LogP contribution in [0.1, 0.15) is 36.1 Å². The lowest BCUT2D eigenvalue weighted by atomic mass is 10.0. The maximum Gasteiger partial charge on any atom is 0.192 e. The first-order valence-corrected chi connectivity index (χ1v) is 8.86. The Kier molecular flexibility index (Phi) is 6.07. The third kappa shape index (κ3) is 4.32. The molecule has 2 aromatic carbocycles. The summed E-state index contributed by atoms with van der Waals surface area (Å²) in [5.41, 5.74) is 2.25. The number of para-hydroxylation sites is 1. The molecular formula is C20H24FN3O2. The van der Waals surface area contributed by atoms with E-state index < -0.39 is 5.82 Å². The molecule has 1 heterocycles. The second kappa shape index (κ2) is 8.67. The van der Waals surface area contributed by atoms with Crippen molar-refractivity contribution >= 4 is 5.96 Å². The second-order valence-electron chi connectivity index (χ2n) is 6.15. The van der Waals surface area contributed by atoms with Gasteiger partial charge in [-0.05, 0) is 30.7 Å². The predicted molar refractivity (Wildman–Crippen MR) is 99.6 cm³/mol. The van der Waals surface area contributed by atoms with Crippen LogP contribution in [0.2, 0.25) is 0 Å². The molecule has 1 unspecified atom stereocenters. The number of guanidine groups is 1. The number of nitrogens with zero attached hydrogens (tertiary/aromatic N) is 1. The highest BCUT2D eigenvalue weighted by atomic mass is 19.1. The largest absolute Gasteiger partial charge is 0.493 e. The summed E-state index contributed by atoms with van der Waals surface area (Å²) >= 11 is 0. The molecule has 2 aromatic rings. The van der Waals surface area contributed by atoms with Gasteiger partial charge in [0.1, 0.15) is 11.6 Å². The van der Waals surface area contributed by atoms with E-state index in [-0.39, 0.29) is 18.2 Å². The molecule has 0 bridgehead atoms. The fourth-order valence-electron chi connectivity index (χ4n) is 3.00. The molecule has 0 aliphatic carbocycles. The van der Waals surface area contributed by atoms with Gasteiger partial charge in [-0.3, -0.25) is 0 Å². The molecular weight excluding hydrogens is 333 g/mol. The summed E-state index contributed by atoms with van der Waals surface area (Å²) < 4.78 is 19.2. The van der Waals surface area contributed by atoms with Gasteiger partial charge in [0.15, 0.2) is 5.96 Å². The Morgan fingerprint density at radius 3 is 2.96 bits per heavy atom. The zero-order chi connectivity index (χ0) is 18.4. The van der Waals surface area contributed by atoms with Crippen LogP contribution in [0, 0.1) is 5.82 Å². The molecule has 6 heteroatoms. The van der Waals surface area contributed by atoms with Gasteiger partial charge >= 0.3 is 0 Å². The van der Waals surface area contributed by atoms with Gasteiger partial charge in [-0.25, -0.2) is 9.38 Å². The number of benzene rings is 2. The van der Waals surface area contributed by atoms with Gasteiger partial charge in [0.05, 0.1) is 25.8 Å². The second-order valence-corrected chi connectivity index (χ2v) is 6.15. The van der Waals surface area contributed by atoms with Crippen molar-refractivity contribution in [2.45, 2.75) is 32.5 Å². The van der Waals surface area contributed by atoms with E-state index >= 15 is 0 Å². The van der Waals surface area contributed by atoms with E-state index in [1.54, 1.807) is 12.1 Å². The van der Waals surface area contributed by atoms with Crippen molar-refractivity contribution in [1.82, 2.24) is 10.6 Å². The van der Waals surface area contributed by atoms with Crippen LogP contribution in [0.5, 0.6) is 5.75 Å². The fraction of sp³-hybridized carbons (Fsp3) is 0.350. The van der Waals surface area contributed by atoms with Crippen LogP contribution in [-0.2, 0) is 13.2 Å². The van der Waals surface area contributed by atoms with Gasteiger partial charge in [0.2, 0.25) is 0 Å². The minimum absolute atomic E-state index is 0.124. The third-order valence-electron chi connectivity index (χ3n) is 4.31. The van der Waals surface area contributed by atoms with Gasteiger partial charge in [-0.15, -0.1) is 0 Å². The van der Waals surface area contributed by atoms with E-state index in [1.165, 1.54) is 6.07 Å². The molecule has 0 radical (unpaired) electrons. The number of aliphatic hydroxyl groups excluding tert-OH is 1. The maximum atomic E-state index is 13.5. The van der Waals surface area contributed by atoms with Crippen molar-refractivity contribution in [3.63, 3.8) is 0 Å². The van der Waals surface area contributed by atoms with Gasteiger partial charge in [0, 0.05) is 24.1 Å². The van der Waals surface area contributed by atoms with Gasteiger partial charge < -0.3 is 20.5 Å².